The lowest BCUT2D eigenvalue weighted by Crippen LogP contribution is -2.05. The summed E-state index contributed by atoms with van der Waals surface area (Å²) in [7, 11) is 0. The van der Waals surface area contributed by atoms with Crippen LogP contribution >= 0.6 is 11.6 Å². The van der Waals surface area contributed by atoms with Gasteiger partial charge in [-0.15, -0.1) is 0 Å². The third-order valence-electron chi connectivity index (χ3n) is 4.25. The van der Waals surface area contributed by atoms with Gasteiger partial charge in [-0.1, -0.05) is 54.1 Å². The molecule has 3 heteroatoms. The van der Waals surface area contributed by atoms with Gasteiger partial charge in [0.05, 0.1) is 6.54 Å². The second kappa shape index (κ2) is 7.01. The van der Waals surface area contributed by atoms with E-state index in [1.807, 2.05) is 13.1 Å². The van der Waals surface area contributed by atoms with E-state index < -0.39 is 0 Å². The summed E-state index contributed by atoms with van der Waals surface area (Å²) in [5.74, 6) is 1.02. The van der Waals surface area contributed by atoms with Crippen LogP contribution in [0.25, 0.3) is 0 Å². The molecule has 2 aromatic carbocycles. The van der Waals surface area contributed by atoms with Gasteiger partial charge in [-0.3, -0.25) is 0 Å². The van der Waals surface area contributed by atoms with Gasteiger partial charge < -0.3 is 4.57 Å². The summed E-state index contributed by atoms with van der Waals surface area (Å²) in [5.41, 5.74) is 4.94. The second-order valence-corrected chi connectivity index (χ2v) is 6.35. The topological polar surface area (TPSA) is 17.8 Å². The Morgan fingerprint density at radius 3 is 2.35 bits per heavy atom. The molecule has 0 N–H and O–H groups in total. The molecular weight excluding hydrogens is 304 g/mol. The highest BCUT2D eigenvalue weighted by atomic mass is 35.5. The van der Waals surface area contributed by atoms with Crippen molar-refractivity contribution < 1.29 is 0 Å². The Bertz CT molecular complexity index is 771. The lowest BCUT2D eigenvalue weighted by atomic mass is 10.0. The molecule has 118 valence electrons. The smallest absolute Gasteiger partial charge is 0.106 e. The lowest BCUT2D eigenvalue weighted by molar-refractivity contribution is 0.738. The maximum Gasteiger partial charge on any atom is 0.106 e. The summed E-state index contributed by atoms with van der Waals surface area (Å²) in [4.78, 5) is 4.34. The van der Waals surface area contributed by atoms with Crippen LogP contribution in [0.3, 0.4) is 0 Å². The molecule has 3 aromatic rings. The van der Waals surface area contributed by atoms with Gasteiger partial charge >= 0.3 is 0 Å². The Balaban J connectivity index is 1.71. The Labute approximate surface area is 142 Å². The van der Waals surface area contributed by atoms with Crippen LogP contribution in [0.4, 0.5) is 0 Å². The zero-order chi connectivity index (χ0) is 16.2. The van der Waals surface area contributed by atoms with Crippen molar-refractivity contribution in [3.8, 4) is 0 Å². The van der Waals surface area contributed by atoms with E-state index in [1.165, 1.54) is 11.1 Å². The molecule has 0 saturated heterocycles. The van der Waals surface area contributed by atoms with Crippen LogP contribution in [0.5, 0.6) is 0 Å². The summed E-state index contributed by atoms with van der Waals surface area (Å²) in [6.07, 6.45) is 3.95. The highest BCUT2D eigenvalue weighted by Crippen LogP contribution is 2.21. The first-order valence-electron chi connectivity index (χ1n) is 7.93. The van der Waals surface area contributed by atoms with Crippen LogP contribution in [-0.2, 0) is 19.4 Å². The molecule has 2 nitrogen and oxygen atoms in total. The molecule has 1 heterocycles. The standard InChI is InChI=1S/C20H21ClN2/c1-15-13-22-16(2)23(15)14-19-11-10-18(12-20(19)21)9-8-17-6-4-3-5-7-17/h3-7,10-13H,8-9,14H2,1-2H3. The summed E-state index contributed by atoms with van der Waals surface area (Å²) in [6.45, 7) is 4.87. The van der Waals surface area contributed by atoms with Crippen molar-refractivity contribution in [2.45, 2.75) is 33.2 Å². The van der Waals surface area contributed by atoms with E-state index in [-0.39, 0.29) is 0 Å². The minimum absolute atomic E-state index is 0.773. The monoisotopic (exact) mass is 324 g/mol. The molecule has 0 aliphatic rings. The highest BCUT2D eigenvalue weighted by molar-refractivity contribution is 6.31. The fourth-order valence-corrected chi connectivity index (χ4v) is 3.06. The number of benzene rings is 2. The van der Waals surface area contributed by atoms with E-state index in [9.17, 15) is 0 Å². The largest absolute Gasteiger partial charge is 0.328 e. The quantitative estimate of drug-likeness (QED) is 0.646. The van der Waals surface area contributed by atoms with Crippen molar-refractivity contribution in [1.29, 1.82) is 0 Å². The average molecular weight is 325 g/mol. The van der Waals surface area contributed by atoms with E-state index in [1.54, 1.807) is 0 Å². The van der Waals surface area contributed by atoms with Crippen LogP contribution in [0, 0.1) is 13.8 Å². The third-order valence-corrected chi connectivity index (χ3v) is 4.60. The van der Waals surface area contributed by atoms with Crippen LogP contribution in [-0.4, -0.2) is 9.55 Å². The first-order chi connectivity index (χ1) is 11.1. The average Bonchev–Trinajstić information content (AvgIpc) is 2.88. The van der Waals surface area contributed by atoms with Crippen molar-refractivity contribution >= 4 is 11.6 Å². The van der Waals surface area contributed by atoms with E-state index >= 15 is 0 Å². The van der Waals surface area contributed by atoms with Crippen molar-refractivity contribution in [3.63, 3.8) is 0 Å². The van der Waals surface area contributed by atoms with Gasteiger partial charge in [-0.05, 0) is 49.4 Å². The third kappa shape index (κ3) is 3.83. The zero-order valence-corrected chi connectivity index (χ0v) is 14.3. The van der Waals surface area contributed by atoms with Gasteiger partial charge in [0.1, 0.15) is 5.82 Å². The number of rotatable bonds is 5. The van der Waals surface area contributed by atoms with Crippen molar-refractivity contribution in [2.24, 2.45) is 0 Å². The van der Waals surface area contributed by atoms with Crippen molar-refractivity contribution in [2.75, 3.05) is 0 Å². The second-order valence-electron chi connectivity index (χ2n) is 5.94. The SMILES string of the molecule is Cc1cnc(C)n1Cc1ccc(CCc2ccccc2)cc1Cl. The Kier molecular flexibility index (Phi) is 4.82. The Hall–Kier alpha value is -2.06. The van der Waals surface area contributed by atoms with E-state index in [0.29, 0.717) is 0 Å². The molecule has 3 rings (SSSR count). The Morgan fingerprint density at radius 1 is 0.957 bits per heavy atom. The number of hydrogen-bond acceptors (Lipinski definition) is 1. The van der Waals surface area contributed by atoms with Gasteiger partial charge in [0, 0.05) is 16.9 Å². The minimum Gasteiger partial charge on any atom is -0.328 e. The number of nitrogens with zero attached hydrogens (tertiary/aromatic N) is 2. The number of imidazole rings is 1. The van der Waals surface area contributed by atoms with E-state index in [0.717, 1.165) is 41.5 Å². The summed E-state index contributed by atoms with van der Waals surface area (Å²) in [5, 5.41) is 0.836. The molecule has 0 atom stereocenters. The number of hydrogen-bond donors (Lipinski definition) is 0. The molecule has 0 saturated carbocycles. The van der Waals surface area contributed by atoms with Crippen LogP contribution in [0.1, 0.15) is 28.2 Å². The molecule has 0 amide bonds. The molecule has 0 aliphatic carbocycles. The number of aryl methyl sites for hydroxylation is 4. The fraction of sp³-hybridized carbons (Fsp3) is 0.250. The maximum atomic E-state index is 6.50. The lowest BCUT2D eigenvalue weighted by Gasteiger charge is -2.11. The van der Waals surface area contributed by atoms with Gasteiger partial charge in [0.25, 0.3) is 0 Å². The fourth-order valence-electron chi connectivity index (χ4n) is 2.80. The normalized spacial score (nSPS) is 10.9. The summed E-state index contributed by atoms with van der Waals surface area (Å²) in [6, 6.07) is 17.0. The Morgan fingerprint density at radius 2 is 1.70 bits per heavy atom. The van der Waals surface area contributed by atoms with E-state index in [2.05, 4.69) is 65.0 Å². The first kappa shape index (κ1) is 15.8. The number of halogens is 1. The van der Waals surface area contributed by atoms with Crippen LogP contribution < -0.4 is 0 Å². The number of aromatic nitrogens is 2. The maximum absolute atomic E-state index is 6.50. The first-order valence-corrected chi connectivity index (χ1v) is 8.31. The minimum atomic E-state index is 0.773. The summed E-state index contributed by atoms with van der Waals surface area (Å²) >= 11 is 6.50. The van der Waals surface area contributed by atoms with Crippen LogP contribution in [0.15, 0.2) is 54.7 Å². The molecule has 0 unspecified atom stereocenters. The zero-order valence-electron chi connectivity index (χ0n) is 13.6. The predicted octanol–water partition coefficient (Wildman–Crippen LogP) is 4.99. The van der Waals surface area contributed by atoms with Crippen molar-refractivity contribution in [3.05, 3.63) is 88.0 Å². The molecule has 0 aliphatic heterocycles. The van der Waals surface area contributed by atoms with Gasteiger partial charge in [-0.2, -0.15) is 0 Å². The van der Waals surface area contributed by atoms with Gasteiger partial charge in [0.2, 0.25) is 0 Å². The molecule has 0 fully saturated rings. The van der Waals surface area contributed by atoms with Crippen LogP contribution in [0.2, 0.25) is 5.02 Å². The molecule has 0 spiro atoms. The molecule has 1 aromatic heterocycles. The molecule has 0 radical (unpaired) electrons. The summed E-state index contributed by atoms with van der Waals surface area (Å²) < 4.78 is 2.19. The van der Waals surface area contributed by atoms with E-state index in [4.69, 9.17) is 11.6 Å². The van der Waals surface area contributed by atoms with Gasteiger partial charge in [-0.25, -0.2) is 4.98 Å². The predicted molar refractivity (Wildman–Crippen MR) is 96.1 cm³/mol. The molecule has 23 heavy (non-hydrogen) atoms. The van der Waals surface area contributed by atoms with Crippen molar-refractivity contribution in [1.82, 2.24) is 9.55 Å². The molecular formula is C20H21ClN2. The highest BCUT2D eigenvalue weighted by Gasteiger charge is 2.07. The van der Waals surface area contributed by atoms with Gasteiger partial charge in [0.15, 0.2) is 0 Å². The molecule has 0 bridgehead atoms.